The summed E-state index contributed by atoms with van der Waals surface area (Å²) in [5.41, 5.74) is 7.71. The van der Waals surface area contributed by atoms with E-state index in [0.29, 0.717) is 5.41 Å². The number of nitrogens with zero attached hydrogens (tertiary/aromatic N) is 3. The average molecular weight is 264 g/mol. The third-order valence-corrected chi connectivity index (χ3v) is 4.43. The van der Waals surface area contributed by atoms with Gasteiger partial charge in [0.05, 0.1) is 6.20 Å². The van der Waals surface area contributed by atoms with E-state index in [1.54, 1.807) is 0 Å². The van der Waals surface area contributed by atoms with Crippen molar-refractivity contribution < 1.29 is 0 Å². The molecule has 0 saturated heterocycles. The van der Waals surface area contributed by atoms with Gasteiger partial charge in [-0.3, -0.25) is 4.68 Å². The van der Waals surface area contributed by atoms with Gasteiger partial charge in [0.15, 0.2) is 0 Å². The third-order valence-electron chi connectivity index (χ3n) is 4.43. The molecule has 2 N–H and O–H groups in total. The van der Waals surface area contributed by atoms with Crippen molar-refractivity contribution >= 4 is 0 Å². The summed E-state index contributed by atoms with van der Waals surface area (Å²) in [6, 6.07) is 0. The van der Waals surface area contributed by atoms with Gasteiger partial charge in [-0.05, 0) is 37.8 Å². The molecular formula is C15H28N4. The molecule has 0 aliphatic heterocycles. The van der Waals surface area contributed by atoms with E-state index in [4.69, 9.17) is 5.73 Å². The molecule has 2 rings (SSSR count). The predicted molar refractivity (Wildman–Crippen MR) is 78.7 cm³/mol. The van der Waals surface area contributed by atoms with Gasteiger partial charge in [-0.1, -0.05) is 19.8 Å². The smallest absolute Gasteiger partial charge is 0.0534 e. The molecule has 19 heavy (non-hydrogen) atoms. The summed E-state index contributed by atoms with van der Waals surface area (Å²) < 4.78 is 1.87. The molecule has 1 heterocycles. The topological polar surface area (TPSA) is 47.1 Å². The van der Waals surface area contributed by atoms with Gasteiger partial charge in [0, 0.05) is 31.9 Å². The zero-order chi connectivity index (χ0) is 13.9. The van der Waals surface area contributed by atoms with Crippen molar-refractivity contribution in [3.63, 3.8) is 0 Å². The summed E-state index contributed by atoms with van der Waals surface area (Å²) in [7, 11) is 4.16. The first-order valence-electron chi connectivity index (χ1n) is 7.39. The standard InChI is InChI=1S/C15H28N4/c1-13-5-4-6-15(7-13,11-16)12-18(2)9-14-8-17-19(3)10-14/h8,10,13H,4-7,9,11-12,16H2,1-3H3. The zero-order valence-corrected chi connectivity index (χ0v) is 12.6. The van der Waals surface area contributed by atoms with Crippen molar-refractivity contribution in [3.8, 4) is 0 Å². The number of aromatic nitrogens is 2. The molecule has 1 fully saturated rings. The summed E-state index contributed by atoms with van der Waals surface area (Å²) in [6.07, 6.45) is 9.31. The van der Waals surface area contributed by atoms with Crippen LogP contribution >= 0.6 is 0 Å². The third kappa shape index (κ3) is 3.80. The zero-order valence-electron chi connectivity index (χ0n) is 12.6. The molecule has 0 spiro atoms. The van der Waals surface area contributed by atoms with Crippen molar-refractivity contribution in [1.29, 1.82) is 0 Å². The molecule has 0 aromatic carbocycles. The normalized spacial score (nSPS) is 27.9. The van der Waals surface area contributed by atoms with E-state index in [-0.39, 0.29) is 0 Å². The number of rotatable bonds is 5. The first-order chi connectivity index (χ1) is 9.03. The second-order valence-corrected chi connectivity index (χ2v) is 6.60. The Kier molecular flexibility index (Phi) is 4.63. The van der Waals surface area contributed by atoms with E-state index in [0.717, 1.165) is 25.6 Å². The van der Waals surface area contributed by atoms with E-state index in [2.05, 4.69) is 30.2 Å². The molecule has 0 amide bonds. The maximum Gasteiger partial charge on any atom is 0.0534 e. The first kappa shape index (κ1) is 14.5. The molecular weight excluding hydrogens is 236 g/mol. The molecule has 2 unspecified atom stereocenters. The van der Waals surface area contributed by atoms with Crippen LogP contribution in [0.3, 0.4) is 0 Å². The molecule has 1 aliphatic rings. The second-order valence-electron chi connectivity index (χ2n) is 6.60. The Bertz CT molecular complexity index is 401. The van der Waals surface area contributed by atoms with Crippen LogP contribution in [-0.4, -0.2) is 34.8 Å². The molecule has 0 bridgehead atoms. The molecule has 108 valence electrons. The van der Waals surface area contributed by atoms with Gasteiger partial charge in [-0.25, -0.2) is 0 Å². The van der Waals surface area contributed by atoms with Gasteiger partial charge < -0.3 is 10.6 Å². The molecule has 4 heteroatoms. The highest BCUT2D eigenvalue weighted by Crippen LogP contribution is 2.39. The van der Waals surface area contributed by atoms with Crippen molar-refractivity contribution in [3.05, 3.63) is 18.0 Å². The molecule has 2 atom stereocenters. The molecule has 0 radical (unpaired) electrons. The van der Waals surface area contributed by atoms with Crippen LogP contribution in [0.4, 0.5) is 0 Å². The van der Waals surface area contributed by atoms with Crippen molar-refractivity contribution in [2.75, 3.05) is 20.1 Å². The van der Waals surface area contributed by atoms with Crippen molar-refractivity contribution in [1.82, 2.24) is 14.7 Å². The lowest BCUT2D eigenvalue weighted by Gasteiger charge is -2.41. The summed E-state index contributed by atoms with van der Waals surface area (Å²) >= 11 is 0. The van der Waals surface area contributed by atoms with Gasteiger partial charge in [-0.2, -0.15) is 5.10 Å². The quantitative estimate of drug-likeness (QED) is 0.885. The largest absolute Gasteiger partial charge is 0.330 e. The van der Waals surface area contributed by atoms with Gasteiger partial charge in [0.2, 0.25) is 0 Å². The number of nitrogens with two attached hydrogens (primary N) is 1. The van der Waals surface area contributed by atoms with Crippen LogP contribution in [0.5, 0.6) is 0 Å². The van der Waals surface area contributed by atoms with Crippen LogP contribution < -0.4 is 5.73 Å². The maximum absolute atomic E-state index is 6.10. The Morgan fingerprint density at radius 3 is 2.95 bits per heavy atom. The lowest BCUT2D eigenvalue weighted by molar-refractivity contribution is 0.0981. The number of hydrogen-bond donors (Lipinski definition) is 1. The minimum Gasteiger partial charge on any atom is -0.330 e. The Labute approximate surface area is 117 Å². The highest BCUT2D eigenvalue weighted by atomic mass is 15.2. The van der Waals surface area contributed by atoms with Gasteiger partial charge >= 0.3 is 0 Å². The minimum absolute atomic E-state index is 0.328. The van der Waals surface area contributed by atoms with E-state index in [9.17, 15) is 0 Å². The fourth-order valence-electron chi connectivity index (χ4n) is 3.66. The summed E-state index contributed by atoms with van der Waals surface area (Å²) in [5, 5.41) is 4.23. The van der Waals surface area contributed by atoms with Gasteiger partial charge in [-0.15, -0.1) is 0 Å². The minimum atomic E-state index is 0.328. The molecule has 1 aromatic heterocycles. The molecule has 1 saturated carbocycles. The first-order valence-corrected chi connectivity index (χ1v) is 7.39. The van der Waals surface area contributed by atoms with Crippen LogP contribution in [0.2, 0.25) is 0 Å². The Hall–Kier alpha value is -0.870. The average Bonchev–Trinajstić information content (AvgIpc) is 2.74. The SMILES string of the molecule is CC1CCCC(CN)(CN(C)Cc2cnn(C)c2)C1. The monoisotopic (exact) mass is 264 g/mol. The van der Waals surface area contributed by atoms with Gasteiger partial charge in [0.1, 0.15) is 0 Å². The molecule has 1 aliphatic carbocycles. The fourth-order valence-corrected chi connectivity index (χ4v) is 3.66. The Morgan fingerprint density at radius 1 is 1.58 bits per heavy atom. The highest BCUT2D eigenvalue weighted by Gasteiger charge is 2.34. The predicted octanol–water partition coefficient (Wildman–Crippen LogP) is 2.01. The summed E-state index contributed by atoms with van der Waals surface area (Å²) in [4.78, 5) is 2.40. The number of hydrogen-bond acceptors (Lipinski definition) is 3. The van der Waals surface area contributed by atoms with Crippen LogP contribution in [0.15, 0.2) is 12.4 Å². The lowest BCUT2D eigenvalue weighted by atomic mass is 9.70. The lowest BCUT2D eigenvalue weighted by Crippen LogP contribution is -2.44. The van der Waals surface area contributed by atoms with Crippen LogP contribution in [0.25, 0.3) is 0 Å². The summed E-state index contributed by atoms with van der Waals surface area (Å²) in [5.74, 6) is 0.823. The van der Waals surface area contributed by atoms with Crippen LogP contribution in [0.1, 0.15) is 38.2 Å². The molecule has 1 aromatic rings. The Morgan fingerprint density at radius 2 is 2.37 bits per heavy atom. The Balaban J connectivity index is 1.93. The summed E-state index contributed by atoms with van der Waals surface area (Å²) in [6.45, 7) is 5.24. The number of aryl methyl sites for hydroxylation is 1. The fraction of sp³-hybridized carbons (Fsp3) is 0.800. The van der Waals surface area contributed by atoms with Gasteiger partial charge in [0.25, 0.3) is 0 Å². The highest BCUT2D eigenvalue weighted by molar-refractivity contribution is 5.03. The van der Waals surface area contributed by atoms with E-state index < -0.39 is 0 Å². The molecule has 4 nitrogen and oxygen atoms in total. The second kappa shape index (κ2) is 6.06. The van der Waals surface area contributed by atoms with Crippen molar-refractivity contribution in [2.24, 2.45) is 24.1 Å². The van der Waals surface area contributed by atoms with Crippen LogP contribution in [0, 0.1) is 11.3 Å². The van der Waals surface area contributed by atoms with Crippen LogP contribution in [-0.2, 0) is 13.6 Å². The van der Waals surface area contributed by atoms with E-state index in [1.807, 2.05) is 17.9 Å². The van der Waals surface area contributed by atoms with E-state index >= 15 is 0 Å². The maximum atomic E-state index is 6.10. The van der Waals surface area contributed by atoms with Crippen molar-refractivity contribution in [2.45, 2.75) is 39.2 Å². The van der Waals surface area contributed by atoms with E-state index in [1.165, 1.54) is 31.2 Å².